The van der Waals surface area contributed by atoms with Crippen LogP contribution in [0.25, 0.3) is 0 Å². The molecule has 0 spiro atoms. The zero-order chi connectivity index (χ0) is 4.69. The Hall–Kier alpha value is -1.08. The second-order valence-electron chi connectivity index (χ2n) is 1.49. The highest BCUT2D eigenvalue weighted by molar-refractivity contribution is 5.61. The van der Waals surface area contributed by atoms with Crippen LogP contribution in [0.1, 0.15) is 0 Å². The summed E-state index contributed by atoms with van der Waals surface area (Å²) >= 11 is 0. The number of hydrazone groups is 1. The van der Waals surface area contributed by atoms with Crippen LogP contribution in [-0.2, 0) is 0 Å². The first-order valence-corrected chi connectivity index (χ1v) is 2.13. The fourth-order valence-electron chi connectivity index (χ4n) is 0.611. The molecule has 0 radical (unpaired) electrons. The van der Waals surface area contributed by atoms with Crippen molar-refractivity contribution in [2.75, 3.05) is 0 Å². The van der Waals surface area contributed by atoms with Gasteiger partial charge in [-0.2, -0.15) is 4.99 Å². The Morgan fingerprint density at radius 3 is 3.14 bits per heavy atom. The van der Waals surface area contributed by atoms with Crippen molar-refractivity contribution < 1.29 is 4.68 Å². The highest BCUT2D eigenvalue weighted by Gasteiger charge is 2.27. The number of hydrazine groups is 1. The number of aliphatic imine (C=N–C) groups is 1. The number of hydrogen-bond donors (Lipinski definition) is 1. The molecule has 0 saturated heterocycles. The number of nitrogens with one attached hydrogen (secondary N) is 1. The summed E-state index contributed by atoms with van der Waals surface area (Å²) < 4.78 is 1.81. The molecule has 0 saturated carbocycles. The van der Waals surface area contributed by atoms with Gasteiger partial charge in [-0.1, -0.05) is 0 Å². The maximum absolute atomic E-state index is 3.98. The predicted octanol–water partition coefficient (Wildman–Crippen LogP) is -0.889. The smallest absolute Gasteiger partial charge is 0.194 e. The molecule has 0 aliphatic carbocycles. The zero-order valence-corrected chi connectivity index (χ0v) is 3.63. The first kappa shape index (κ1) is 2.99. The van der Waals surface area contributed by atoms with Gasteiger partial charge in [-0.05, 0) is 4.68 Å². The third-order valence-corrected chi connectivity index (χ3v) is 1.05. The van der Waals surface area contributed by atoms with Crippen molar-refractivity contribution in [3.8, 4) is 0 Å². The fourth-order valence-corrected chi connectivity index (χ4v) is 0.611. The summed E-state index contributed by atoms with van der Waals surface area (Å²) in [5.41, 5.74) is 2.86. The first-order valence-electron chi connectivity index (χ1n) is 2.13. The van der Waals surface area contributed by atoms with E-state index in [4.69, 9.17) is 0 Å². The molecule has 1 unspecified atom stereocenters. The van der Waals surface area contributed by atoms with Gasteiger partial charge >= 0.3 is 6.17 Å². The Bertz CT molecular complexity index is 185. The highest BCUT2D eigenvalue weighted by Crippen LogP contribution is 1.99. The lowest BCUT2D eigenvalue weighted by Gasteiger charge is -1.96. The molecule has 1 atom stereocenters. The minimum atomic E-state index is 0.250. The van der Waals surface area contributed by atoms with Crippen molar-refractivity contribution in [3.63, 3.8) is 0 Å². The molecule has 0 bridgehead atoms. The molecule has 0 aromatic carbocycles. The van der Waals surface area contributed by atoms with Gasteiger partial charge in [0.05, 0.1) is 0 Å². The Morgan fingerprint density at radius 1 is 1.86 bits per heavy atom. The molecule has 2 aliphatic rings. The molecule has 7 heavy (non-hydrogen) atoms. The zero-order valence-electron chi connectivity index (χ0n) is 3.63. The molecule has 0 amide bonds. The van der Waals surface area contributed by atoms with Gasteiger partial charge in [0.2, 0.25) is 5.87 Å². The van der Waals surface area contributed by atoms with Crippen LogP contribution in [0.2, 0.25) is 0 Å². The van der Waals surface area contributed by atoms with Crippen molar-refractivity contribution in [2.45, 2.75) is 6.17 Å². The molecule has 2 heterocycles. The monoisotopic (exact) mass is 94.0 g/mol. The molecule has 34 valence electrons. The molecule has 0 aromatic rings. The van der Waals surface area contributed by atoms with E-state index in [1.54, 1.807) is 11.0 Å². The normalized spacial score (nSPS) is 30.9. The van der Waals surface area contributed by atoms with Crippen molar-refractivity contribution in [1.29, 1.82) is 0 Å². The minimum absolute atomic E-state index is 0.250. The van der Waals surface area contributed by atoms with Gasteiger partial charge < -0.3 is 0 Å². The molecule has 0 aromatic heterocycles. The van der Waals surface area contributed by atoms with Crippen molar-refractivity contribution in [2.24, 2.45) is 4.99 Å². The molecule has 3 nitrogen and oxygen atoms in total. The second kappa shape index (κ2) is 0.768. The number of fused-ring (bicyclic) bond motifs is 1. The summed E-state index contributed by atoms with van der Waals surface area (Å²) in [6.07, 6.45) is 3.82. The predicted molar refractivity (Wildman–Crippen MR) is 25.3 cm³/mol. The van der Waals surface area contributed by atoms with Crippen LogP contribution in [0.15, 0.2) is 11.1 Å². The summed E-state index contributed by atoms with van der Waals surface area (Å²) in [6, 6.07) is 0. The van der Waals surface area contributed by atoms with Gasteiger partial charge in [-0.15, -0.1) is 5.43 Å². The van der Waals surface area contributed by atoms with Gasteiger partial charge in [-0.3, -0.25) is 0 Å². The third kappa shape index (κ3) is 0.216. The number of rotatable bonds is 0. The second-order valence-corrected chi connectivity index (χ2v) is 1.49. The topological polar surface area (TPSA) is 27.4 Å². The van der Waals surface area contributed by atoms with Crippen molar-refractivity contribution >= 4 is 12.2 Å². The van der Waals surface area contributed by atoms with Crippen molar-refractivity contribution in [3.05, 3.63) is 6.08 Å². The summed E-state index contributed by atoms with van der Waals surface area (Å²) in [4.78, 5) is 3.98. The van der Waals surface area contributed by atoms with Crippen LogP contribution in [0.3, 0.4) is 0 Å². The van der Waals surface area contributed by atoms with Gasteiger partial charge in [0.15, 0.2) is 6.34 Å². The van der Waals surface area contributed by atoms with Gasteiger partial charge in [0.1, 0.15) is 6.08 Å². The lowest BCUT2D eigenvalue weighted by atomic mass is 10.4. The lowest BCUT2D eigenvalue weighted by molar-refractivity contribution is -0.589. The van der Waals surface area contributed by atoms with E-state index in [0.717, 1.165) is 0 Å². The largest absolute Gasteiger partial charge is 0.317 e. The molecular formula is C4H4N3+. The number of nitrogens with zero attached hydrogens (tertiary/aromatic N) is 2. The molecule has 1 N–H and O–H groups in total. The number of hydrogen-bond acceptors (Lipinski definition) is 2. The van der Waals surface area contributed by atoms with Gasteiger partial charge in [0, 0.05) is 0 Å². The van der Waals surface area contributed by atoms with E-state index >= 15 is 0 Å². The van der Waals surface area contributed by atoms with E-state index in [1.807, 2.05) is 6.08 Å². The maximum Gasteiger partial charge on any atom is 0.317 e. The maximum atomic E-state index is 3.98. The van der Waals surface area contributed by atoms with Crippen LogP contribution in [-0.4, -0.2) is 23.1 Å². The average Bonchev–Trinajstić information content (AvgIpc) is 1.85. The SMILES string of the molecule is C1=CC2N=CN[N+]=12. The van der Waals surface area contributed by atoms with Gasteiger partial charge in [-0.25, -0.2) is 0 Å². The Morgan fingerprint density at radius 2 is 2.86 bits per heavy atom. The van der Waals surface area contributed by atoms with Crippen LogP contribution in [0.4, 0.5) is 0 Å². The van der Waals surface area contributed by atoms with Crippen LogP contribution in [0, 0.1) is 0 Å². The molecule has 2 rings (SSSR count). The van der Waals surface area contributed by atoms with E-state index in [9.17, 15) is 0 Å². The highest BCUT2D eigenvalue weighted by atomic mass is 15.5. The lowest BCUT2D eigenvalue weighted by Crippen LogP contribution is -2.32. The quantitative estimate of drug-likeness (QED) is 0.387. The molecule has 0 fully saturated rings. The van der Waals surface area contributed by atoms with E-state index in [0.29, 0.717) is 0 Å². The molecule has 2 aliphatic heterocycles. The van der Waals surface area contributed by atoms with Crippen LogP contribution in [0.5, 0.6) is 0 Å². The summed E-state index contributed by atoms with van der Waals surface area (Å²) in [5, 5.41) is 0. The summed E-state index contributed by atoms with van der Waals surface area (Å²) in [5.74, 6) is 2.88. The van der Waals surface area contributed by atoms with Crippen LogP contribution < -0.4 is 5.43 Å². The van der Waals surface area contributed by atoms with Crippen molar-refractivity contribution in [1.82, 2.24) is 5.43 Å². The molecular weight excluding hydrogens is 90.1 g/mol. The Labute approximate surface area is 40.7 Å². The van der Waals surface area contributed by atoms with E-state index < -0.39 is 0 Å². The van der Waals surface area contributed by atoms with E-state index in [2.05, 4.69) is 16.3 Å². The first-order chi connectivity index (χ1) is 3.47. The average molecular weight is 94.1 g/mol. The summed E-state index contributed by atoms with van der Waals surface area (Å²) in [7, 11) is 0. The summed E-state index contributed by atoms with van der Waals surface area (Å²) in [6.45, 7) is 0. The Balaban J connectivity index is 2.46. The standard InChI is InChI=1S/C4H4N3/c1-2-7-4(1)5-3-6-7/h1,3-4H,(H,5,6)/q+1. The van der Waals surface area contributed by atoms with Gasteiger partial charge in [0.25, 0.3) is 0 Å². The minimum Gasteiger partial charge on any atom is -0.194 e. The molecule has 3 heteroatoms. The third-order valence-electron chi connectivity index (χ3n) is 1.05. The van der Waals surface area contributed by atoms with E-state index in [1.165, 1.54) is 0 Å². The Kier molecular flexibility index (Phi) is 0.328. The van der Waals surface area contributed by atoms with E-state index in [-0.39, 0.29) is 6.17 Å². The van der Waals surface area contributed by atoms with Crippen LogP contribution >= 0.6 is 0 Å². The fraction of sp³-hybridized carbons (Fsp3) is 0.250.